The van der Waals surface area contributed by atoms with E-state index >= 15 is 0 Å². The molecule has 0 aromatic heterocycles. The Morgan fingerprint density at radius 3 is 2.40 bits per heavy atom. The highest BCUT2D eigenvalue weighted by Gasteiger charge is 2.23. The summed E-state index contributed by atoms with van der Waals surface area (Å²) in [4.78, 5) is 0. The van der Waals surface area contributed by atoms with Crippen LogP contribution in [0.1, 0.15) is 52.1 Å². The summed E-state index contributed by atoms with van der Waals surface area (Å²) < 4.78 is 15.3. The lowest BCUT2D eigenvalue weighted by Gasteiger charge is -2.24. The third-order valence-electron chi connectivity index (χ3n) is 2.94. The third kappa shape index (κ3) is 5.78. The summed E-state index contributed by atoms with van der Waals surface area (Å²) in [5.74, 6) is 0. The first-order chi connectivity index (χ1) is 9.34. The number of hydrogen-bond acceptors (Lipinski definition) is 1. The third-order valence-corrected chi connectivity index (χ3v) is 4.80. The molecule has 1 rings (SSSR count). The molecule has 1 aromatic carbocycles. The Hall–Kier alpha value is -0.640. The molecule has 0 saturated carbocycles. The van der Waals surface area contributed by atoms with Gasteiger partial charge in [0.25, 0.3) is 0 Å². The maximum absolute atomic E-state index is 12.3. The molecule has 20 heavy (non-hydrogen) atoms. The minimum absolute atomic E-state index is 0.0727. The molecular formula is C16H24ClNOS. The standard InChI is InChI=1S/C16H24ClNOS/c1-5-6-7-8-15(18-20(19)16(2,3)4)13-9-11-14(17)12-10-13/h5-6,9-12,15,18H,7-8H2,1-4H3/b6-5-/t15-,20?/m1/s1. The second-order valence-corrected chi connectivity index (χ2v) is 8.18. The van der Waals surface area contributed by atoms with Gasteiger partial charge in [0.15, 0.2) is 0 Å². The van der Waals surface area contributed by atoms with Crippen molar-refractivity contribution < 1.29 is 4.21 Å². The summed E-state index contributed by atoms with van der Waals surface area (Å²) in [5, 5.41) is 0.720. The highest BCUT2D eigenvalue weighted by molar-refractivity contribution is 7.84. The molecule has 0 aliphatic carbocycles. The summed E-state index contributed by atoms with van der Waals surface area (Å²) in [6.45, 7) is 7.93. The predicted molar refractivity (Wildman–Crippen MR) is 89.3 cm³/mol. The summed E-state index contributed by atoms with van der Waals surface area (Å²) in [7, 11) is -1.09. The molecule has 0 fully saturated rings. The average molecular weight is 314 g/mol. The van der Waals surface area contributed by atoms with Crippen LogP contribution < -0.4 is 4.72 Å². The van der Waals surface area contributed by atoms with Crippen molar-refractivity contribution in [1.29, 1.82) is 0 Å². The fourth-order valence-electron chi connectivity index (χ4n) is 1.72. The minimum Gasteiger partial charge on any atom is -0.242 e. The monoisotopic (exact) mass is 313 g/mol. The first-order valence-electron chi connectivity index (χ1n) is 6.89. The van der Waals surface area contributed by atoms with Crippen LogP contribution in [-0.2, 0) is 11.0 Å². The molecule has 0 heterocycles. The largest absolute Gasteiger partial charge is 0.242 e. The van der Waals surface area contributed by atoms with Crippen molar-refractivity contribution in [3.05, 3.63) is 47.0 Å². The average Bonchev–Trinajstić information content (AvgIpc) is 2.37. The van der Waals surface area contributed by atoms with Crippen LogP contribution >= 0.6 is 11.6 Å². The fraction of sp³-hybridized carbons (Fsp3) is 0.500. The van der Waals surface area contributed by atoms with Gasteiger partial charge in [-0.05, 0) is 58.2 Å². The van der Waals surface area contributed by atoms with Gasteiger partial charge in [0.05, 0.1) is 15.7 Å². The smallest absolute Gasteiger partial charge is 0.0975 e. The van der Waals surface area contributed by atoms with Gasteiger partial charge in [-0.15, -0.1) is 0 Å². The number of nitrogens with one attached hydrogen (secondary N) is 1. The Labute approximate surface area is 130 Å². The Morgan fingerprint density at radius 1 is 1.30 bits per heavy atom. The van der Waals surface area contributed by atoms with Crippen molar-refractivity contribution in [3.8, 4) is 0 Å². The van der Waals surface area contributed by atoms with Crippen LogP contribution in [0.3, 0.4) is 0 Å². The van der Waals surface area contributed by atoms with Gasteiger partial charge in [-0.1, -0.05) is 35.9 Å². The van der Waals surface area contributed by atoms with Crippen LogP contribution in [0.5, 0.6) is 0 Å². The topological polar surface area (TPSA) is 29.1 Å². The highest BCUT2D eigenvalue weighted by atomic mass is 35.5. The van der Waals surface area contributed by atoms with Gasteiger partial charge in [0, 0.05) is 11.1 Å². The minimum atomic E-state index is -1.09. The normalized spacial score (nSPS) is 15.4. The molecule has 0 bridgehead atoms. The lowest BCUT2D eigenvalue weighted by molar-refractivity contribution is 0.575. The number of benzene rings is 1. The van der Waals surface area contributed by atoms with Gasteiger partial charge >= 0.3 is 0 Å². The van der Waals surface area contributed by atoms with Crippen molar-refractivity contribution >= 4 is 22.6 Å². The number of halogens is 1. The van der Waals surface area contributed by atoms with E-state index in [0.29, 0.717) is 0 Å². The van der Waals surface area contributed by atoms with Gasteiger partial charge in [-0.2, -0.15) is 0 Å². The molecule has 1 unspecified atom stereocenters. The van der Waals surface area contributed by atoms with Gasteiger partial charge in [0.2, 0.25) is 0 Å². The predicted octanol–water partition coefficient (Wildman–Crippen LogP) is 4.79. The number of hydrogen-bond donors (Lipinski definition) is 1. The molecule has 1 aromatic rings. The Morgan fingerprint density at radius 2 is 1.90 bits per heavy atom. The van der Waals surface area contributed by atoms with E-state index in [1.165, 1.54) is 0 Å². The Kier molecular flexibility index (Phi) is 6.93. The Bertz CT molecular complexity index is 462. The summed E-state index contributed by atoms with van der Waals surface area (Å²) >= 11 is 5.93. The van der Waals surface area contributed by atoms with E-state index in [4.69, 9.17) is 11.6 Å². The molecule has 0 aliphatic heterocycles. The van der Waals surface area contributed by atoms with Crippen molar-refractivity contribution in [3.63, 3.8) is 0 Å². The van der Waals surface area contributed by atoms with E-state index in [1.807, 2.05) is 58.0 Å². The van der Waals surface area contributed by atoms with Crippen LogP contribution in [0.4, 0.5) is 0 Å². The molecule has 112 valence electrons. The maximum Gasteiger partial charge on any atom is 0.0975 e. The second-order valence-electron chi connectivity index (χ2n) is 5.75. The first-order valence-corrected chi connectivity index (χ1v) is 8.42. The summed E-state index contributed by atoms with van der Waals surface area (Å²) in [5.41, 5.74) is 1.12. The maximum atomic E-state index is 12.3. The summed E-state index contributed by atoms with van der Waals surface area (Å²) in [6.07, 6.45) is 6.04. The van der Waals surface area contributed by atoms with Crippen LogP contribution in [0.25, 0.3) is 0 Å². The molecule has 0 saturated heterocycles. The van der Waals surface area contributed by atoms with Gasteiger partial charge < -0.3 is 0 Å². The zero-order chi connectivity index (χ0) is 15.2. The highest BCUT2D eigenvalue weighted by Crippen LogP contribution is 2.23. The second kappa shape index (κ2) is 7.96. The fourth-order valence-corrected chi connectivity index (χ4v) is 2.72. The van der Waals surface area contributed by atoms with Crippen LogP contribution in [0.15, 0.2) is 36.4 Å². The lowest BCUT2D eigenvalue weighted by Crippen LogP contribution is -2.35. The van der Waals surface area contributed by atoms with Crippen LogP contribution in [-0.4, -0.2) is 8.96 Å². The molecule has 0 radical (unpaired) electrons. The molecule has 0 spiro atoms. The number of rotatable bonds is 6. The van der Waals surface area contributed by atoms with Crippen LogP contribution in [0, 0.1) is 0 Å². The Balaban J connectivity index is 2.84. The molecule has 0 amide bonds. The van der Waals surface area contributed by atoms with E-state index < -0.39 is 11.0 Å². The number of allylic oxidation sites excluding steroid dienone is 2. The molecule has 4 heteroatoms. The van der Waals surface area contributed by atoms with E-state index in [-0.39, 0.29) is 10.8 Å². The van der Waals surface area contributed by atoms with E-state index in [1.54, 1.807) is 0 Å². The van der Waals surface area contributed by atoms with Gasteiger partial charge in [0.1, 0.15) is 0 Å². The van der Waals surface area contributed by atoms with E-state index in [0.717, 1.165) is 23.4 Å². The van der Waals surface area contributed by atoms with E-state index in [2.05, 4.69) is 10.8 Å². The molecular weight excluding hydrogens is 290 g/mol. The van der Waals surface area contributed by atoms with Gasteiger partial charge in [-0.3, -0.25) is 0 Å². The van der Waals surface area contributed by atoms with Crippen molar-refractivity contribution in [2.24, 2.45) is 0 Å². The zero-order valence-electron chi connectivity index (χ0n) is 12.7. The molecule has 0 aliphatic rings. The first kappa shape index (κ1) is 17.4. The van der Waals surface area contributed by atoms with E-state index in [9.17, 15) is 4.21 Å². The van der Waals surface area contributed by atoms with Crippen molar-refractivity contribution in [2.45, 2.75) is 51.3 Å². The molecule has 2 atom stereocenters. The van der Waals surface area contributed by atoms with Crippen molar-refractivity contribution in [1.82, 2.24) is 4.72 Å². The zero-order valence-corrected chi connectivity index (χ0v) is 14.2. The van der Waals surface area contributed by atoms with Crippen molar-refractivity contribution in [2.75, 3.05) is 0 Å². The lowest BCUT2D eigenvalue weighted by atomic mass is 10.0. The SMILES string of the molecule is C/C=C\CC[C@@H](NS(=O)C(C)(C)C)c1ccc(Cl)cc1. The molecule has 1 N–H and O–H groups in total. The van der Waals surface area contributed by atoms with Gasteiger partial charge in [-0.25, -0.2) is 8.93 Å². The molecule has 2 nitrogen and oxygen atoms in total. The van der Waals surface area contributed by atoms with Crippen LogP contribution in [0.2, 0.25) is 5.02 Å². The summed E-state index contributed by atoms with van der Waals surface area (Å²) in [6, 6.07) is 7.82. The quantitative estimate of drug-likeness (QED) is 0.752.